The molecule has 0 saturated carbocycles. The van der Waals surface area contributed by atoms with Gasteiger partial charge in [0.05, 0.1) is 18.3 Å². The van der Waals surface area contributed by atoms with Gasteiger partial charge in [-0.25, -0.2) is 9.67 Å². The highest BCUT2D eigenvalue weighted by Gasteiger charge is 2.35. The summed E-state index contributed by atoms with van der Waals surface area (Å²) in [6, 6.07) is 10.3. The van der Waals surface area contributed by atoms with Crippen LogP contribution in [0, 0.1) is 11.3 Å². The van der Waals surface area contributed by atoms with E-state index in [-0.39, 0.29) is 35.5 Å². The van der Waals surface area contributed by atoms with Crippen molar-refractivity contribution in [2.24, 2.45) is 16.3 Å². The molecule has 2 heterocycles. The van der Waals surface area contributed by atoms with Crippen LogP contribution in [0.15, 0.2) is 47.7 Å². The van der Waals surface area contributed by atoms with Gasteiger partial charge in [-0.3, -0.25) is 0 Å². The second-order valence-corrected chi connectivity index (χ2v) is 8.75. The van der Waals surface area contributed by atoms with Gasteiger partial charge in [0.25, 0.3) is 0 Å². The highest BCUT2D eigenvalue weighted by molar-refractivity contribution is 14.0. The van der Waals surface area contributed by atoms with E-state index in [1.165, 1.54) is 12.0 Å². The van der Waals surface area contributed by atoms with Crippen molar-refractivity contribution in [2.45, 2.75) is 53.2 Å². The molecule has 2 N–H and O–H groups in total. The van der Waals surface area contributed by atoms with E-state index in [9.17, 15) is 0 Å². The predicted octanol–water partition coefficient (Wildman–Crippen LogP) is 4.39. The first-order valence-electron chi connectivity index (χ1n) is 10.7. The molecule has 3 rings (SSSR count). The molecule has 7 heteroatoms. The van der Waals surface area contributed by atoms with E-state index in [0.717, 1.165) is 37.8 Å². The van der Waals surface area contributed by atoms with Crippen molar-refractivity contribution >= 4 is 29.9 Å². The van der Waals surface area contributed by atoms with Crippen LogP contribution in [-0.2, 0) is 11.3 Å². The van der Waals surface area contributed by atoms with Crippen LogP contribution < -0.4 is 10.6 Å². The van der Waals surface area contributed by atoms with Crippen LogP contribution in [-0.4, -0.2) is 41.5 Å². The highest BCUT2D eigenvalue weighted by Crippen LogP contribution is 2.33. The Labute approximate surface area is 197 Å². The van der Waals surface area contributed by atoms with Gasteiger partial charge in [-0.2, -0.15) is 5.10 Å². The van der Waals surface area contributed by atoms with Crippen molar-refractivity contribution < 1.29 is 4.74 Å². The van der Waals surface area contributed by atoms with E-state index in [2.05, 4.69) is 67.7 Å². The fraction of sp³-hybridized carbons (Fsp3) is 0.565. The Morgan fingerprint density at radius 2 is 2.00 bits per heavy atom. The summed E-state index contributed by atoms with van der Waals surface area (Å²) < 4.78 is 7.97. The standard InChI is InChI=1S/C23H35N5O.HI/c1-5-24-22(26-17-19-8-6-15-29-21(19)23(2,3)4)25-16-18-9-11-20(12-10-18)28-14-7-13-27-28;/h7,9-14,19,21H,5-6,8,15-17H2,1-4H3,(H2,24,25,26);1H. The lowest BCUT2D eigenvalue weighted by Crippen LogP contribution is -2.47. The van der Waals surface area contributed by atoms with E-state index >= 15 is 0 Å². The number of hydrogen-bond acceptors (Lipinski definition) is 3. The number of aliphatic imine (C=N–C) groups is 1. The van der Waals surface area contributed by atoms with Crippen LogP contribution in [0.2, 0.25) is 0 Å². The van der Waals surface area contributed by atoms with Crippen LogP contribution in [0.3, 0.4) is 0 Å². The monoisotopic (exact) mass is 525 g/mol. The molecule has 1 aliphatic heterocycles. The minimum Gasteiger partial charge on any atom is -0.377 e. The third-order valence-corrected chi connectivity index (χ3v) is 5.30. The Bertz CT molecular complexity index is 768. The lowest BCUT2D eigenvalue weighted by atomic mass is 9.78. The minimum absolute atomic E-state index is 0. The first-order valence-corrected chi connectivity index (χ1v) is 10.7. The van der Waals surface area contributed by atoms with Crippen LogP contribution >= 0.6 is 24.0 Å². The number of hydrogen-bond donors (Lipinski definition) is 2. The van der Waals surface area contributed by atoms with Gasteiger partial charge in [-0.1, -0.05) is 32.9 Å². The van der Waals surface area contributed by atoms with Crippen molar-refractivity contribution in [3.05, 3.63) is 48.3 Å². The number of rotatable bonds is 6. The van der Waals surface area contributed by atoms with Crippen LogP contribution in [0.4, 0.5) is 0 Å². The smallest absolute Gasteiger partial charge is 0.191 e. The molecule has 30 heavy (non-hydrogen) atoms. The van der Waals surface area contributed by atoms with Gasteiger partial charge in [-0.15, -0.1) is 24.0 Å². The van der Waals surface area contributed by atoms with Crippen molar-refractivity contribution in [1.29, 1.82) is 0 Å². The first kappa shape index (κ1) is 24.7. The number of aromatic nitrogens is 2. The van der Waals surface area contributed by atoms with Gasteiger partial charge in [0.2, 0.25) is 0 Å². The number of halogens is 1. The second kappa shape index (κ2) is 11.7. The molecule has 1 aromatic carbocycles. The summed E-state index contributed by atoms with van der Waals surface area (Å²) in [6.45, 7) is 12.1. The highest BCUT2D eigenvalue weighted by atomic mass is 127. The molecule has 0 amide bonds. The molecule has 2 aromatic rings. The third-order valence-electron chi connectivity index (χ3n) is 5.30. The largest absolute Gasteiger partial charge is 0.377 e. The Balaban J connectivity index is 0.00000320. The van der Waals surface area contributed by atoms with Gasteiger partial charge in [0.15, 0.2) is 5.96 Å². The van der Waals surface area contributed by atoms with E-state index < -0.39 is 0 Å². The molecule has 0 radical (unpaired) electrons. The minimum atomic E-state index is 0. The maximum Gasteiger partial charge on any atom is 0.191 e. The number of nitrogens with zero attached hydrogens (tertiary/aromatic N) is 3. The summed E-state index contributed by atoms with van der Waals surface area (Å²) in [7, 11) is 0. The molecule has 0 spiro atoms. The molecule has 1 fully saturated rings. The molecule has 0 aliphatic carbocycles. The van der Waals surface area contributed by atoms with Crippen LogP contribution in [0.5, 0.6) is 0 Å². The third kappa shape index (κ3) is 6.97. The molecule has 0 bridgehead atoms. The number of ether oxygens (including phenoxy) is 1. The number of nitrogens with one attached hydrogen (secondary N) is 2. The fourth-order valence-electron chi connectivity index (χ4n) is 3.92. The zero-order valence-electron chi connectivity index (χ0n) is 18.6. The van der Waals surface area contributed by atoms with E-state index in [0.29, 0.717) is 12.5 Å². The summed E-state index contributed by atoms with van der Waals surface area (Å²) in [5, 5.41) is 11.2. The van der Waals surface area contributed by atoms with Gasteiger partial charge in [0.1, 0.15) is 0 Å². The van der Waals surface area contributed by atoms with Crippen molar-refractivity contribution in [3.8, 4) is 5.69 Å². The maximum absolute atomic E-state index is 6.11. The van der Waals surface area contributed by atoms with Crippen molar-refractivity contribution in [2.75, 3.05) is 19.7 Å². The predicted molar refractivity (Wildman–Crippen MR) is 134 cm³/mol. The van der Waals surface area contributed by atoms with Gasteiger partial charge in [-0.05, 0) is 48.9 Å². The summed E-state index contributed by atoms with van der Waals surface area (Å²) in [6.07, 6.45) is 6.34. The number of guanidine groups is 1. The molecule has 1 saturated heterocycles. The molecule has 2 unspecified atom stereocenters. The average Bonchev–Trinajstić information content (AvgIpc) is 3.25. The molecule has 6 nitrogen and oxygen atoms in total. The lowest BCUT2D eigenvalue weighted by Gasteiger charge is -2.40. The topological polar surface area (TPSA) is 63.5 Å². The summed E-state index contributed by atoms with van der Waals surface area (Å²) in [5.41, 5.74) is 2.38. The molecule has 2 atom stereocenters. The Hall–Kier alpha value is -1.61. The van der Waals surface area contributed by atoms with Crippen LogP contribution in [0.25, 0.3) is 5.69 Å². The van der Waals surface area contributed by atoms with E-state index in [1.54, 1.807) is 6.20 Å². The van der Waals surface area contributed by atoms with E-state index in [1.807, 2.05) is 16.9 Å². The van der Waals surface area contributed by atoms with Crippen molar-refractivity contribution in [1.82, 2.24) is 20.4 Å². The SMILES string of the molecule is CCNC(=NCc1ccc(-n2cccn2)cc1)NCC1CCCOC1C(C)(C)C.I. The van der Waals surface area contributed by atoms with Gasteiger partial charge in [0, 0.05) is 38.0 Å². The lowest BCUT2D eigenvalue weighted by molar-refractivity contribution is -0.0835. The summed E-state index contributed by atoms with van der Waals surface area (Å²) in [4.78, 5) is 4.78. The average molecular weight is 525 g/mol. The van der Waals surface area contributed by atoms with Crippen LogP contribution in [0.1, 0.15) is 46.1 Å². The molecule has 1 aromatic heterocycles. The Morgan fingerprint density at radius 3 is 2.63 bits per heavy atom. The summed E-state index contributed by atoms with van der Waals surface area (Å²) >= 11 is 0. The Kier molecular flexibility index (Phi) is 9.61. The van der Waals surface area contributed by atoms with Gasteiger partial charge < -0.3 is 15.4 Å². The maximum atomic E-state index is 6.11. The summed E-state index contributed by atoms with van der Waals surface area (Å²) in [5.74, 6) is 1.36. The normalized spacial score (nSPS) is 19.8. The number of benzene rings is 1. The van der Waals surface area contributed by atoms with Crippen molar-refractivity contribution in [3.63, 3.8) is 0 Å². The molecular formula is C23H36IN5O. The van der Waals surface area contributed by atoms with E-state index in [4.69, 9.17) is 9.73 Å². The van der Waals surface area contributed by atoms with Gasteiger partial charge >= 0.3 is 0 Å². The fourth-order valence-corrected chi connectivity index (χ4v) is 3.92. The zero-order valence-corrected chi connectivity index (χ0v) is 20.9. The Morgan fingerprint density at radius 1 is 1.23 bits per heavy atom. The molecular weight excluding hydrogens is 489 g/mol. The first-order chi connectivity index (χ1) is 14.0. The molecule has 166 valence electrons. The zero-order chi connectivity index (χ0) is 20.7. The second-order valence-electron chi connectivity index (χ2n) is 8.75. The molecule has 1 aliphatic rings. The quantitative estimate of drug-likeness (QED) is 0.334.